The summed E-state index contributed by atoms with van der Waals surface area (Å²) in [5.41, 5.74) is 12.7. The van der Waals surface area contributed by atoms with E-state index in [0.29, 0.717) is 38.1 Å². The van der Waals surface area contributed by atoms with Crippen molar-refractivity contribution in [1.82, 2.24) is 0 Å². The summed E-state index contributed by atoms with van der Waals surface area (Å²) in [6.45, 7) is 4.59. The third kappa shape index (κ3) is 2.53. The Morgan fingerprint density at radius 3 is 2.41 bits per heavy atom. The predicted molar refractivity (Wildman–Crippen MR) is 67.4 cm³/mol. The molecule has 1 aliphatic heterocycles. The smallest absolute Gasteiger partial charge is 0.161 e. The molecule has 0 amide bonds. The van der Waals surface area contributed by atoms with Crippen molar-refractivity contribution in [1.29, 1.82) is 0 Å². The number of fused-ring (bicyclic) bond motifs is 1. The van der Waals surface area contributed by atoms with Crippen LogP contribution in [-0.2, 0) is 0 Å². The van der Waals surface area contributed by atoms with Crippen LogP contribution in [0.4, 0.5) is 0 Å². The van der Waals surface area contributed by atoms with Gasteiger partial charge in [-0.1, -0.05) is 13.0 Å². The molecule has 1 aliphatic rings. The molecular formula is C13H20N2O2. The zero-order valence-corrected chi connectivity index (χ0v) is 10.2. The van der Waals surface area contributed by atoms with Gasteiger partial charge in [-0.05, 0) is 42.6 Å². The predicted octanol–water partition coefficient (Wildman–Crippen LogP) is 1.09. The molecule has 0 saturated carbocycles. The topological polar surface area (TPSA) is 70.5 Å². The van der Waals surface area contributed by atoms with Crippen molar-refractivity contribution in [2.45, 2.75) is 12.8 Å². The van der Waals surface area contributed by atoms with Crippen molar-refractivity contribution in [3.63, 3.8) is 0 Å². The lowest BCUT2D eigenvalue weighted by Gasteiger charge is -2.24. The highest BCUT2D eigenvalue weighted by molar-refractivity contribution is 5.44. The average molecular weight is 236 g/mol. The summed E-state index contributed by atoms with van der Waals surface area (Å²) in [6.07, 6.45) is 0. The van der Waals surface area contributed by atoms with Gasteiger partial charge in [0, 0.05) is 0 Å². The van der Waals surface area contributed by atoms with E-state index in [2.05, 4.69) is 13.0 Å². The van der Waals surface area contributed by atoms with E-state index in [4.69, 9.17) is 20.9 Å². The second-order valence-corrected chi connectivity index (χ2v) is 4.42. The molecule has 0 aromatic heterocycles. The third-order valence-corrected chi connectivity index (χ3v) is 3.40. The monoisotopic (exact) mass is 236 g/mol. The van der Waals surface area contributed by atoms with Gasteiger partial charge in [0.2, 0.25) is 0 Å². The van der Waals surface area contributed by atoms with Crippen LogP contribution >= 0.6 is 0 Å². The van der Waals surface area contributed by atoms with Gasteiger partial charge in [0.15, 0.2) is 11.5 Å². The molecule has 1 aromatic carbocycles. The molecule has 0 spiro atoms. The van der Waals surface area contributed by atoms with E-state index in [0.717, 1.165) is 11.5 Å². The summed E-state index contributed by atoms with van der Waals surface area (Å²) < 4.78 is 11.1. The van der Waals surface area contributed by atoms with Gasteiger partial charge >= 0.3 is 0 Å². The van der Waals surface area contributed by atoms with Crippen molar-refractivity contribution >= 4 is 0 Å². The highest BCUT2D eigenvalue weighted by Crippen LogP contribution is 2.34. The summed E-state index contributed by atoms with van der Waals surface area (Å²) in [5.74, 6) is 2.29. The first-order valence-electron chi connectivity index (χ1n) is 6.06. The zero-order valence-electron chi connectivity index (χ0n) is 10.2. The summed E-state index contributed by atoms with van der Waals surface area (Å²) in [6, 6.07) is 6.07. The molecule has 1 atom stereocenters. The molecular weight excluding hydrogens is 216 g/mol. The van der Waals surface area contributed by atoms with Gasteiger partial charge in [-0.2, -0.15) is 0 Å². The standard InChI is InChI=1S/C13H20N2O2/c1-9(11(7-14)8-15)10-2-3-12-13(6-10)17-5-4-16-12/h2-3,6,9,11H,4-5,7-8,14-15H2,1H3. The van der Waals surface area contributed by atoms with Gasteiger partial charge in [0.05, 0.1) is 0 Å². The fraction of sp³-hybridized carbons (Fsp3) is 0.538. The van der Waals surface area contributed by atoms with Crippen molar-refractivity contribution in [2.75, 3.05) is 26.3 Å². The molecule has 0 saturated heterocycles. The maximum atomic E-state index is 5.72. The first kappa shape index (κ1) is 12.2. The van der Waals surface area contributed by atoms with E-state index in [-0.39, 0.29) is 0 Å². The van der Waals surface area contributed by atoms with Crippen LogP contribution in [0.3, 0.4) is 0 Å². The lowest BCUT2D eigenvalue weighted by molar-refractivity contribution is 0.171. The summed E-state index contributed by atoms with van der Waals surface area (Å²) in [5, 5.41) is 0. The third-order valence-electron chi connectivity index (χ3n) is 3.40. The van der Waals surface area contributed by atoms with Gasteiger partial charge < -0.3 is 20.9 Å². The Bertz CT molecular complexity index is 378. The zero-order chi connectivity index (χ0) is 12.3. The fourth-order valence-corrected chi connectivity index (χ4v) is 2.12. The Morgan fingerprint density at radius 2 is 1.76 bits per heavy atom. The Balaban J connectivity index is 2.21. The van der Waals surface area contributed by atoms with Gasteiger partial charge in [-0.25, -0.2) is 0 Å². The molecule has 1 aromatic rings. The molecule has 94 valence electrons. The van der Waals surface area contributed by atoms with Crippen LogP contribution in [0.15, 0.2) is 18.2 Å². The van der Waals surface area contributed by atoms with Crippen LogP contribution in [0, 0.1) is 5.92 Å². The molecule has 1 heterocycles. The molecule has 0 fully saturated rings. The minimum atomic E-state index is 0.303. The van der Waals surface area contributed by atoms with Crippen molar-refractivity contribution in [3.05, 3.63) is 23.8 Å². The van der Waals surface area contributed by atoms with E-state index in [1.54, 1.807) is 0 Å². The highest BCUT2D eigenvalue weighted by atomic mass is 16.6. The van der Waals surface area contributed by atoms with E-state index in [1.807, 2.05) is 12.1 Å². The van der Waals surface area contributed by atoms with E-state index < -0.39 is 0 Å². The second-order valence-electron chi connectivity index (χ2n) is 4.42. The first-order valence-corrected chi connectivity index (χ1v) is 6.06. The summed E-state index contributed by atoms with van der Waals surface area (Å²) in [4.78, 5) is 0. The van der Waals surface area contributed by atoms with Crippen molar-refractivity contribution in [2.24, 2.45) is 17.4 Å². The molecule has 4 N–H and O–H groups in total. The average Bonchev–Trinajstić information content (AvgIpc) is 2.39. The maximum Gasteiger partial charge on any atom is 0.161 e. The minimum absolute atomic E-state index is 0.303. The van der Waals surface area contributed by atoms with Crippen LogP contribution in [0.2, 0.25) is 0 Å². The fourth-order valence-electron chi connectivity index (χ4n) is 2.12. The number of nitrogens with two attached hydrogens (primary N) is 2. The van der Waals surface area contributed by atoms with Crippen LogP contribution in [0.25, 0.3) is 0 Å². The van der Waals surface area contributed by atoms with Crippen LogP contribution in [0.5, 0.6) is 11.5 Å². The molecule has 0 radical (unpaired) electrons. The van der Waals surface area contributed by atoms with Crippen LogP contribution < -0.4 is 20.9 Å². The van der Waals surface area contributed by atoms with E-state index in [9.17, 15) is 0 Å². The Kier molecular flexibility index (Phi) is 3.86. The molecule has 4 nitrogen and oxygen atoms in total. The maximum absolute atomic E-state index is 5.72. The number of hydrogen-bond donors (Lipinski definition) is 2. The van der Waals surface area contributed by atoms with Crippen molar-refractivity contribution < 1.29 is 9.47 Å². The Hall–Kier alpha value is -1.26. The lowest BCUT2D eigenvalue weighted by atomic mass is 9.87. The van der Waals surface area contributed by atoms with Crippen LogP contribution in [-0.4, -0.2) is 26.3 Å². The Morgan fingerprint density at radius 1 is 1.12 bits per heavy atom. The molecule has 4 heteroatoms. The van der Waals surface area contributed by atoms with Gasteiger partial charge in [-0.3, -0.25) is 0 Å². The van der Waals surface area contributed by atoms with Crippen molar-refractivity contribution in [3.8, 4) is 11.5 Å². The molecule has 1 unspecified atom stereocenters. The van der Waals surface area contributed by atoms with E-state index in [1.165, 1.54) is 5.56 Å². The number of ether oxygens (including phenoxy) is 2. The van der Waals surface area contributed by atoms with E-state index >= 15 is 0 Å². The number of hydrogen-bond acceptors (Lipinski definition) is 4. The quantitative estimate of drug-likeness (QED) is 0.821. The van der Waals surface area contributed by atoms with Gasteiger partial charge in [0.1, 0.15) is 13.2 Å². The highest BCUT2D eigenvalue weighted by Gasteiger charge is 2.19. The largest absolute Gasteiger partial charge is 0.486 e. The SMILES string of the molecule is CC(c1ccc2c(c1)OCCO2)C(CN)CN. The van der Waals surface area contributed by atoms with Gasteiger partial charge in [0.25, 0.3) is 0 Å². The lowest BCUT2D eigenvalue weighted by Crippen LogP contribution is -2.28. The normalized spacial score (nSPS) is 16.0. The number of benzene rings is 1. The minimum Gasteiger partial charge on any atom is -0.486 e. The Labute approximate surface area is 102 Å². The first-order chi connectivity index (χ1) is 8.26. The molecule has 0 aliphatic carbocycles. The molecule has 0 bridgehead atoms. The summed E-state index contributed by atoms with van der Waals surface area (Å²) >= 11 is 0. The molecule has 17 heavy (non-hydrogen) atoms. The number of rotatable bonds is 4. The second kappa shape index (κ2) is 5.38. The summed E-state index contributed by atoms with van der Waals surface area (Å²) in [7, 11) is 0. The van der Waals surface area contributed by atoms with Gasteiger partial charge in [-0.15, -0.1) is 0 Å². The van der Waals surface area contributed by atoms with Crippen LogP contribution in [0.1, 0.15) is 18.4 Å². The molecule has 2 rings (SSSR count).